The summed E-state index contributed by atoms with van der Waals surface area (Å²) in [5.74, 6) is 1.75. The van der Waals surface area contributed by atoms with Crippen LogP contribution in [-0.4, -0.2) is 41.9 Å². The second kappa shape index (κ2) is 9.51. The highest BCUT2D eigenvalue weighted by Gasteiger charge is 2.22. The maximum absolute atomic E-state index is 6.00. The molecular formula is C21H29IN6O. The molecule has 7 nitrogen and oxygen atoms in total. The molecule has 0 saturated carbocycles. The third-order valence-electron chi connectivity index (χ3n) is 5.40. The fraction of sp³-hybridized carbons (Fsp3) is 0.429. The van der Waals surface area contributed by atoms with E-state index >= 15 is 0 Å². The van der Waals surface area contributed by atoms with Gasteiger partial charge in [0.2, 0.25) is 0 Å². The van der Waals surface area contributed by atoms with Gasteiger partial charge in [-0.15, -0.1) is 24.0 Å². The lowest BCUT2D eigenvalue weighted by Gasteiger charge is -2.34. The SMILES string of the molecule is CN=C(NCc1oc2ccccc2c1C)NC1CCCN(c2cnn(C)c2)C1.I. The van der Waals surface area contributed by atoms with Crippen molar-refractivity contribution in [2.75, 3.05) is 25.0 Å². The average molecular weight is 508 g/mol. The molecule has 29 heavy (non-hydrogen) atoms. The van der Waals surface area contributed by atoms with Gasteiger partial charge in [0.05, 0.1) is 18.4 Å². The predicted octanol–water partition coefficient (Wildman–Crippen LogP) is 3.43. The summed E-state index contributed by atoms with van der Waals surface area (Å²) in [5.41, 5.74) is 3.29. The zero-order valence-corrected chi connectivity index (χ0v) is 19.5. The number of nitrogens with one attached hydrogen (secondary N) is 2. The molecule has 1 aromatic carbocycles. The van der Waals surface area contributed by atoms with Crippen molar-refractivity contribution in [1.82, 2.24) is 20.4 Å². The molecule has 2 N–H and O–H groups in total. The van der Waals surface area contributed by atoms with Gasteiger partial charge in [-0.1, -0.05) is 18.2 Å². The van der Waals surface area contributed by atoms with Crippen molar-refractivity contribution in [2.24, 2.45) is 12.0 Å². The van der Waals surface area contributed by atoms with Crippen LogP contribution in [0, 0.1) is 6.92 Å². The van der Waals surface area contributed by atoms with E-state index in [0.717, 1.165) is 43.2 Å². The van der Waals surface area contributed by atoms with Crippen molar-refractivity contribution >= 4 is 46.6 Å². The van der Waals surface area contributed by atoms with Crippen LogP contribution in [0.4, 0.5) is 5.69 Å². The monoisotopic (exact) mass is 508 g/mol. The van der Waals surface area contributed by atoms with Crippen LogP contribution in [0.2, 0.25) is 0 Å². The first-order valence-electron chi connectivity index (χ1n) is 9.82. The van der Waals surface area contributed by atoms with Crippen LogP contribution in [-0.2, 0) is 13.6 Å². The van der Waals surface area contributed by atoms with E-state index in [4.69, 9.17) is 4.42 Å². The second-order valence-electron chi connectivity index (χ2n) is 7.37. The molecule has 0 aliphatic carbocycles. The minimum absolute atomic E-state index is 0. The van der Waals surface area contributed by atoms with Gasteiger partial charge in [-0.2, -0.15) is 5.10 Å². The summed E-state index contributed by atoms with van der Waals surface area (Å²) in [5, 5.41) is 12.4. The van der Waals surface area contributed by atoms with Crippen molar-refractivity contribution in [1.29, 1.82) is 0 Å². The third-order valence-corrected chi connectivity index (χ3v) is 5.40. The fourth-order valence-electron chi connectivity index (χ4n) is 3.85. The number of aryl methyl sites for hydroxylation is 2. The summed E-state index contributed by atoms with van der Waals surface area (Å²) in [4.78, 5) is 6.78. The van der Waals surface area contributed by atoms with E-state index in [1.807, 2.05) is 43.2 Å². The number of furan rings is 1. The Bertz CT molecular complexity index is 979. The molecule has 0 bridgehead atoms. The molecule has 1 aliphatic rings. The number of para-hydroxylation sites is 1. The Balaban J connectivity index is 0.00000240. The molecule has 2 aromatic heterocycles. The molecule has 1 aliphatic heterocycles. The Labute approximate surface area is 188 Å². The highest BCUT2D eigenvalue weighted by atomic mass is 127. The van der Waals surface area contributed by atoms with Crippen LogP contribution in [0.3, 0.4) is 0 Å². The molecule has 3 heterocycles. The molecule has 0 spiro atoms. The number of hydrogen-bond donors (Lipinski definition) is 2. The summed E-state index contributed by atoms with van der Waals surface area (Å²) in [6.07, 6.45) is 6.27. The Morgan fingerprint density at radius 2 is 2.17 bits per heavy atom. The number of rotatable bonds is 4. The molecule has 0 amide bonds. The van der Waals surface area contributed by atoms with E-state index < -0.39 is 0 Å². The quantitative estimate of drug-likeness (QED) is 0.321. The van der Waals surface area contributed by atoms with E-state index in [9.17, 15) is 0 Å². The summed E-state index contributed by atoms with van der Waals surface area (Å²) >= 11 is 0. The van der Waals surface area contributed by atoms with E-state index in [0.29, 0.717) is 12.6 Å². The topological polar surface area (TPSA) is 70.6 Å². The third kappa shape index (κ3) is 4.85. The van der Waals surface area contributed by atoms with Crippen LogP contribution in [0.1, 0.15) is 24.2 Å². The molecule has 1 fully saturated rings. The first-order chi connectivity index (χ1) is 13.6. The summed E-state index contributed by atoms with van der Waals surface area (Å²) in [7, 11) is 3.76. The summed E-state index contributed by atoms with van der Waals surface area (Å²) in [6.45, 7) is 4.72. The van der Waals surface area contributed by atoms with Crippen LogP contribution in [0.15, 0.2) is 46.1 Å². The number of benzene rings is 1. The molecule has 8 heteroatoms. The van der Waals surface area contributed by atoms with Crippen molar-refractivity contribution in [3.63, 3.8) is 0 Å². The Morgan fingerprint density at radius 3 is 2.90 bits per heavy atom. The zero-order valence-electron chi connectivity index (χ0n) is 17.2. The van der Waals surface area contributed by atoms with Crippen molar-refractivity contribution in [3.05, 3.63) is 48.0 Å². The van der Waals surface area contributed by atoms with Gasteiger partial charge >= 0.3 is 0 Å². The summed E-state index contributed by atoms with van der Waals surface area (Å²) in [6, 6.07) is 8.49. The van der Waals surface area contributed by atoms with Gasteiger partial charge in [-0.05, 0) is 25.8 Å². The number of guanidine groups is 1. The number of aliphatic imine (C=N–C) groups is 1. The van der Waals surface area contributed by atoms with Gasteiger partial charge in [0, 0.05) is 50.4 Å². The van der Waals surface area contributed by atoms with Gasteiger partial charge in [-0.25, -0.2) is 0 Å². The minimum Gasteiger partial charge on any atom is -0.459 e. The second-order valence-corrected chi connectivity index (χ2v) is 7.37. The fourth-order valence-corrected chi connectivity index (χ4v) is 3.85. The number of piperidine rings is 1. The number of fused-ring (bicyclic) bond motifs is 1. The van der Waals surface area contributed by atoms with E-state index in [2.05, 4.69) is 44.8 Å². The Kier molecular flexibility index (Phi) is 7.05. The molecule has 4 rings (SSSR count). The number of hydrogen-bond acceptors (Lipinski definition) is 4. The highest BCUT2D eigenvalue weighted by molar-refractivity contribution is 14.0. The number of halogens is 1. The molecule has 156 valence electrons. The normalized spacial score (nSPS) is 17.3. The maximum atomic E-state index is 6.00. The first-order valence-corrected chi connectivity index (χ1v) is 9.82. The van der Waals surface area contributed by atoms with Crippen LogP contribution in [0.25, 0.3) is 11.0 Å². The lowest BCUT2D eigenvalue weighted by atomic mass is 10.1. The van der Waals surface area contributed by atoms with Crippen LogP contribution in [0.5, 0.6) is 0 Å². The van der Waals surface area contributed by atoms with E-state index in [-0.39, 0.29) is 24.0 Å². The largest absolute Gasteiger partial charge is 0.459 e. The molecule has 1 unspecified atom stereocenters. The van der Waals surface area contributed by atoms with Crippen LogP contribution >= 0.6 is 24.0 Å². The Hall–Kier alpha value is -2.23. The van der Waals surface area contributed by atoms with Crippen molar-refractivity contribution in [3.8, 4) is 0 Å². The zero-order chi connectivity index (χ0) is 19.5. The molecular weight excluding hydrogens is 479 g/mol. The van der Waals surface area contributed by atoms with Gasteiger partial charge < -0.3 is 20.0 Å². The van der Waals surface area contributed by atoms with Gasteiger partial charge in [0.25, 0.3) is 0 Å². The predicted molar refractivity (Wildman–Crippen MR) is 128 cm³/mol. The lowest BCUT2D eigenvalue weighted by Crippen LogP contribution is -2.51. The van der Waals surface area contributed by atoms with Crippen LogP contribution < -0.4 is 15.5 Å². The van der Waals surface area contributed by atoms with Gasteiger partial charge in [0.1, 0.15) is 11.3 Å². The minimum atomic E-state index is 0. The summed E-state index contributed by atoms with van der Waals surface area (Å²) < 4.78 is 7.85. The smallest absolute Gasteiger partial charge is 0.191 e. The average Bonchev–Trinajstić information content (AvgIpc) is 3.29. The molecule has 3 aromatic rings. The number of nitrogens with zero attached hydrogens (tertiary/aromatic N) is 4. The lowest BCUT2D eigenvalue weighted by molar-refractivity contribution is 0.465. The standard InChI is InChI=1S/C21H28N6O.HI/c1-15-18-8-4-5-9-19(18)28-20(15)12-23-21(22-2)25-16-7-6-10-27(13-16)17-11-24-26(3)14-17;/h4-5,8-9,11,14,16H,6-7,10,12-13H2,1-3H3,(H2,22,23,25);1H. The highest BCUT2D eigenvalue weighted by Crippen LogP contribution is 2.24. The number of aromatic nitrogens is 2. The van der Waals surface area contributed by atoms with Gasteiger partial charge in [-0.3, -0.25) is 9.67 Å². The van der Waals surface area contributed by atoms with Gasteiger partial charge in [0.15, 0.2) is 5.96 Å². The molecule has 1 atom stereocenters. The Morgan fingerprint density at radius 1 is 1.34 bits per heavy atom. The maximum Gasteiger partial charge on any atom is 0.191 e. The number of anilines is 1. The molecule has 0 radical (unpaired) electrons. The van der Waals surface area contributed by atoms with E-state index in [1.165, 1.54) is 16.6 Å². The first kappa shape index (κ1) is 21.5. The molecule has 1 saturated heterocycles. The van der Waals surface area contributed by atoms with Crippen molar-refractivity contribution < 1.29 is 4.42 Å². The van der Waals surface area contributed by atoms with Crippen molar-refractivity contribution in [2.45, 2.75) is 32.4 Å². The van der Waals surface area contributed by atoms with E-state index in [1.54, 1.807) is 0 Å².